The summed E-state index contributed by atoms with van der Waals surface area (Å²) >= 11 is 0. The average Bonchev–Trinajstić information content (AvgIpc) is 3.18. The second-order valence-electron chi connectivity index (χ2n) is 6.70. The summed E-state index contributed by atoms with van der Waals surface area (Å²) in [7, 11) is 0. The van der Waals surface area contributed by atoms with Crippen LogP contribution in [0, 0.1) is 5.92 Å². The van der Waals surface area contributed by atoms with E-state index >= 15 is 0 Å². The van der Waals surface area contributed by atoms with Crippen LogP contribution in [0.2, 0.25) is 0 Å². The van der Waals surface area contributed by atoms with Gasteiger partial charge in [0.2, 0.25) is 0 Å². The topological polar surface area (TPSA) is 78.6 Å². The van der Waals surface area contributed by atoms with Crippen LogP contribution in [0.15, 0.2) is 36.8 Å². The molecule has 2 N–H and O–H groups in total. The van der Waals surface area contributed by atoms with E-state index in [1.807, 2.05) is 24.7 Å². The van der Waals surface area contributed by atoms with Gasteiger partial charge in [0, 0.05) is 18.7 Å². The minimum atomic E-state index is -0.865. The third-order valence-electron chi connectivity index (χ3n) is 5.42. The van der Waals surface area contributed by atoms with Crippen LogP contribution in [0.5, 0.6) is 0 Å². The molecule has 2 aliphatic rings. The summed E-state index contributed by atoms with van der Waals surface area (Å²) in [5.74, 6) is 0.153. The van der Waals surface area contributed by atoms with E-state index in [0.717, 1.165) is 18.5 Å². The van der Waals surface area contributed by atoms with E-state index in [1.165, 1.54) is 16.0 Å². The second kappa shape index (κ2) is 5.94. The lowest BCUT2D eigenvalue weighted by Crippen LogP contribution is -2.40. The lowest BCUT2D eigenvalue weighted by atomic mass is 9.86. The summed E-state index contributed by atoms with van der Waals surface area (Å²) in [4.78, 5) is 16.7. The number of fused-ring (bicyclic) bond motifs is 3. The zero-order valence-electron chi connectivity index (χ0n) is 13.4. The number of aliphatic hydroxyl groups is 1. The predicted octanol–water partition coefficient (Wildman–Crippen LogP) is 2.59. The molecule has 0 saturated carbocycles. The van der Waals surface area contributed by atoms with Gasteiger partial charge in [-0.2, -0.15) is 0 Å². The molecule has 1 aromatic carbocycles. The van der Waals surface area contributed by atoms with E-state index in [4.69, 9.17) is 5.11 Å². The van der Waals surface area contributed by atoms with Gasteiger partial charge in [-0.05, 0) is 30.7 Å². The van der Waals surface area contributed by atoms with Crippen LogP contribution in [-0.4, -0.2) is 50.0 Å². The number of carbonyl (C=O) groups is 1. The number of carboxylic acid groups (broad SMARTS) is 1. The Hall–Kier alpha value is -2.34. The Labute approximate surface area is 140 Å². The van der Waals surface area contributed by atoms with Crippen LogP contribution in [-0.2, 0) is 0 Å². The number of nitrogens with zero attached hydrogens (tertiary/aromatic N) is 3. The highest BCUT2D eigenvalue weighted by Gasteiger charge is 2.33. The fourth-order valence-electron chi connectivity index (χ4n) is 4.07. The van der Waals surface area contributed by atoms with E-state index in [9.17, 15) is 9.90 Å². The highest BCUT2D eigenvalue weighted by atomic mass is 16.4. The quantitative estimate of drug-likeness (QED) is 0.908. The van der Waals surface area contributed by atoms with Crippen molar-refractivity contribution in [1.29, 1.82) is 0 Å². The third-order valence-corrected chi connectivity index (χ3v) is 5.42. The maximum atomic E-state index is 11.0. The molecule has 2 atom stereocenters. The standard InChI is InChI=1S/C18H21N3O3/c22-17(12-5-7-20(8-6-12)18(23)24)9-15-13-3-1-2-4-14(13)16-10-19-11-21(15)16/h1-4,10-12,15,17,22H,5-9H2,(H,23,24)/t15-,17-/m0/s1. The normalized spacial score (nSPS) is 21.4. The largest absolute Gasteiger partial charge is 0.465 e. The molecular weight excluding hydrogens is 306 g/mol. The molecule has 4 rings (SSSR count). The van der Waals surface area contributed by atoms with Crippen LogP contribution in [0.3, 0.4) is 0 Å². The molecule has 0 radical (unpaired) electrons. The van der Waals surface area contributed by atoms with Gasteiger partial charge < -0.3 is 19.7 Å². The minimum absolute atomic E-state index is 0.103. The molecular formula is C18H21N3O3. The second-order valence-corrected chi connectivity index (χ2v) is 6.70. The number of hydrogen-bond donors (Lipinski definition) is 2. The van der Waals surface area contributed by atoms with Gasteiger partial charge in [-0.1, -0.05) is 24.3 Å². The highest BCUT2D eigenvalue weighted by molar-refractivity contribution is 5.69. The molecule has 6 nitrogen and oxygen atoms in total. The SMILES string of the molecule is O=C(O)N1CCC([C@@H](O)C[C@H]2c3ccccc3-c3cncn32)CC1. The Bertz CT molecular complexity index is 749. The first-order chi connectivity index (χ1) is 11.6. The molecule has 1 amide bonds. The summed E-state index contributed by atoms with van der Waals surface area (Å²) in [5, 5.41) is 19.8. The average molecular weight is 327 g/mol. The number of imidazole rings is 1. The Kier molecular flexibility index (Phi) is 3.76. The van der Waals surface area contributed by atoms with Crippen LogP contribution in [0.4, 0.5) is 4.79 Å². The van der Waals surface area contributed by atoms with Crippen LogP contribution in [0.25, 0.3) is 11.3 Å². The zero-order chi connectivity index (χ0) is 16.7. The van der Waals surface area contributed by atoms with Gasteiger partial charge in [0.1, 0.15) is 0 Å². The smallest absolute Gasteiger partial charge is 0.407 e. The van der Waals surface area contributed by atoms with Crippen LogP contribution >= 0.6 is 0 Å². The number of aromatic nitrogens is 2. The van der Waals surface area contributed by atoms with Crippen molar-refractivity contribution in [2.45, 2.75) is 31.4 Å². The van der Waals surface area contributed by atoms with E-state index in [1.54, 1.807) is 0 Å². The van der Waals surface area contributed by atoms with E-state index in [2.05, 4.69) is 21.7 Å². The molecule has 24 heavy (non-hydrogen) atoms. The van der Waals surface area contributed by atoms with Crippen molar-refractivity contribution >= 4 is 6.09 Å². The predicted molar refractivity (Wildman–Crippen MR) is 88.7 cm³/mol. The molecule has 0 aliphatic carbocycles. The molecule has 3 heterocycles. The van der Waals surface area contributed by atoms with Crippen molar-refractivity contribution in [3.8, 4) is 11.3 Å². The minimum Gasteiger partial charge on any atom is -0.465 e. The number of likely N-dealkylation sites (tertiary alicyclic amines) is 1. The molecule has 0 unspecified atom stereocenters. The maximum absolute atomic E-state index is 11.0. The van der Waals surface area contributed by atoms with Crippen LogP contribution in [0.1, 0.15) is 30.9 Å². The van der Waals surface area contributed by atoms with Gasteiger partial charge in [-0.15, -0.1) is 0 Å². The van der Waals surface area contributed by atoms with Crippen molar-refractivity contribution in [2.75, 3.05) is 13.1 Å². The van der Waals surface area contributed by atoms with Crippen molar-refractivity contribution in [2.24, 2.45) is 5.92 Å². The van der Waals surface area contributed by atoms with Gasteiger partial charge >= 0.3 is 6.09 Å². The summed E-state index contributed by atoms with van der Waals surface area (Å²) in [5.41, 5.74) is 3.52. The zero-order valence-corrected chi connectivity index (χ0v) is 13.4. The number of piperidine rings is 1. The van der Waals surface area contributed by atoms with E-state index in [0.29, 0.717) is 19.5 Å². The summed E-state index contributed by atoms with van der Waals surface area (Å²) in [6.45, 7) is 1.02. The van der Waals surface area contributed by atoms with Crippen molar-refractivity contribution < 1.29 is 15.0 Å². The maximum Gasteiger partial charge on any atom is 0.407 e. The molecule has 1 saturated heterocycles. The van der Waals surface area contributed by atoms with Gasteiger partial charge in [-0.3, -0.25) is 0 Å². The number of hydrogen-bond acceptors (Lipinski definition) is 3. The first kappa shape index (κ1) is 15.2. The lowest BCUT2D eigenvalue weighted by Gasteiger charge is -2.33. The Morgan fingerprint density at radius 3 is 2.79 bits per heavy atom. The summed E-state index contributed by atoms with van der Waals surface area (Å²) < 4.78 is 2.14. The molecule has 2 aliphatic heterocycles. The van der Waals surface area contributed by atoms with Gasteiger partial charge in [-0.25, -0.2) is 9.78 Å². The first-order valence-corrected chi connectivity index (χ1v) is 8.42. The molecule has 1 aromatic heterocycles. The molecule has 1 fully saturated rings. The monoisotopic (exact) mass is 327 g/mol. The van der Waals surface area contributed by atoms with Crippen LogP contribution < -0.4 is 0 Å². The fraction of sp³-hybridized carbons (Fsp3) is 0.444. The van der Waals surface area contributed by atoms with Gasteiger partial charge in [0.05, 0.1) is 30.4 Å². The fourth-order valence-corrected chi connectivity index (χ4v) is 4.07. The Balaban J connectivity index is 1.49. The van der Waals surface area contributed by atoms with Crippen molar-refractivity contribution in [3.63, 3.8) is 0 Å². The number of rotatable bonds is 3. The van der Waals surface area contributed by atoms with Crippen molar-refractivity contribution in [1.82, 2.24) is 14.5 Å². The summed E-state index contributed by atoms with van der Waals surface area (Å²) in [6, 6.07) is 8.37. The first-order valence-electron chi connectivity index (χ1n) is 8.42. The number of amides is 1. The van der Waals surface area contributed by atoms with Gasteiger partial charge in [0.15, 0.2) is 0 Å². The molecule has 2 aromatic rings. The third kappa shape index (κ3) is 2.47. The Morgan fingerprint density at radius 1 is 1.29 bits per heavy atom. The molecule has 0 spiro atoms. The number of aliphatic hydroxyl groups excluding tert-OH is 1. The van der Waals surface area contributed by atoms with Crippen molar-refractivity contribution in [3.05, 3.63) is 42.4 Å². The molecule has 6 heteroatoms. The van der Waals surface area contributed by atoms with Gasteiger partial charge in [0.25, 0.3) is 0 Å². The number of benzene rings is 1. The Morgan fingerprint density at radius 2 is 2.04 bits per heavy atom. The lowest BCUT2D eigenvalue weighted by molar-refractivity contribution is 0.0469. The van der Waals surface area contributed by atoms with E-state index in [-0.39, 0.29) is 12.0 Å². The van der Waals surface area contributed by atoms with E-state index < -0.39 is 12.2 Å². The summed E-state index contributed by atoms with van der Waals surface area (Å²) in [6.07, 6.45) is 4.48. The molecule has 0 bridgehead atoms. The highest BCUT2D eigenvalue weighted by Crippen LogP contribution is 2.42. The molecule has 126 valence electrons.